The lowest BCUT2D eigenvalue weighted by molar-refractivity contribution is -0.142. The minimum absolute atomic E-state index is 0.0338. The van der Waals surface area contributed by atoms with E-state index in [1.807, 2.05) is 4.90 Å². The van der Waals surface area contributed by atoms with Crippen LogP contribution in [0.5, 0.6) is 0 Å². The Bertz CT molecular complexity index is 1360. The number of benzene rings is 1. The van der Waals surface area contributed by atoms with Gasteiger partial charge in [-0.25, -0.2) is 9.18 Å². The standard InChI is InChI=1S/C36H50FN3O6/c1-44-28-13-10-23(11-14-28)29-16-17-40(35(42)25-8-6-24(7-9-25)30(38)20-37)33(29)34(41)39-27-12-15-31-26(18-27)19-32(46-31)36(43)45-21-22-4-2-3-5-22/h12,15,18-19,22-25,28-30,33H,2-11,13-14,16-17,20-21,38H2,1H3,(H,39,41)/t23?,24?,25?,28?,29-,30+,33?/m0/s1. The maximum absolute atomic E-state index is 14.1. The molecule has 3 atom stereocenters. The van der Waals surface area contributed by atoms with Crippen molar-refractivity contribution in [2.45, 2.75) is 102 Å². The third-order valence-electron chi connectivity index (χ3n) is 11.5. The number of amides is 2. The molecule has 4 fully saturated rings. The fraction of sp³-hybridized carbons (Fsp3) is 0.694. The van der Waals surface area contributed by atoms with Crippen LogP contribution in [0.25, 0.3) is 11.0 Å². The number of carbonyl (C=O) groups excluding carboxylic acids is 3. The average molecular weight is 640 g/mol. The topological polar surface area (TPSA) is 124 Å². The first-order valence-electron chi connectivity index (χ1n) is 17.5. The van der Waals surface area contributed by atoms with Crippen molar-refractivity contribution in [3.05, 3.63) is 30.0 Å². The predicted octanol–water partition coefficient (Wildman–Crippen LogP) is 6.24. The SMILES string of the molecule is COC1CCC([C@@H]2CCN(C(=O)C3CCC([C@H](N)CF)CC3)C2C(=O)Nc2ccc3oc(C(=O)OCC4CCCC4)cc3c2)CC1. The smallest absolute Gasteiger partial charge is 0.374 e. The number of anilines is 1. The van der Waals surface area contributed by atoms with Gasteiger partial charge >= 0.3 is 5.97 Å². The van der Waals surface area contributed by atoms with Crippen LogP contribution < -0.4 is 11.1 Å². The molecule has 1 saturated heterocycles. The number of furan rings is 1. The summed E-state index contributed by atoms with van der Waals surface area (Å²) in [6.07, 6.45) is 12.3. The van der Waals surface area contributed by atoms with Crippen LogP contribution in [0.4, 0.5) is 10.1 Å². The fourth-order valence-corrected chi connectivity index (χ4v) is 8.68. The van der Waals surface area contributed by atoms with Gasteiger partial charge < -0.3 is 29.8 Å². The van der Waals surface area contributed by atoms with Gasteiger partial charge in [0.05, 0.1) is 12.7 Å². The number of nitrogens with two attached hydrogens (primary N) is 1. The Morgan fingerprint density at radius 3 is 2.43 bits per heavy atom. The van der Waals surface area contributed by atoms with Crippen molar-refractivity contribution in [1.82, 2.24) is 4.90 Å². The second-order valence-corrected chi connectivity index (χ2v) is 14.2. The van der Waals surface area contributed by atoms with Gasteiger partial charge in [-0.2, -0.15) is 0 Å². The second kappa shape index (κ2) is 14.8. The van der Waals surface area contributed by atoms with Crippen LogP contribution in [0.3, 0.4) is 0 Å². The minimum Gasteiger partial charge on any atom is -0.460 e. The fourth-order valence-electron chi connectivity index (χ4n) is 8.68. The van der Waals surface area contributed by atoms with Crippen molar-refractivity contribution in [2.75, 3.05) is 32.3 Å². The summed E-state index contributed by atoms with van der Waals surface area (Å²) in [6, 6.07) is 5.95. The number of rotatable bonds is 10. The molecule has 10 heteroatoms. The first kappa shape index (κ1) is 32.9. The molecule has 2 aromatic rings. The average Bonchev–Trinajstić information content (AvgIpc) is 3.87. The van der Waals surface area contributed by atoms with Crippen LogP contribution in [-0.4, -0.2) is 67.8 Å². The Hall–Kier alpha value is -2.98. The van der Waals surface area contributed by atoms with Gasteiger partial charge in [0.2, 0.25) is 17.6 Å². The molecule has 1 aliphatic heterocycles. The normalized spacial score (nSPS) is 29.6. The van der Waals surface area contributed by atoms with Gasteiger partial charge in [-0.1, -0.05) is 12.8 Å². The van der Waals surface area contributed by atoms with Gasteiger partial charge in [-0.3, -0.25) is 9.59 Å². The molecule has 3 saturated carbocycles. The Morgan fingerprint density at radius 2 is 1.74 bits per heavy atom. The molecule has 1 unspecified atom stereocenters. The van der Waals surface area contributed by atoms with E-state index in [-0.39, 0.29) is 41.4 Å². The van der Waals surface area contributed by atoms with E-state index in [0.29, 0.717) is 54.5 Å². The van der Waals surface area contributed by atoms with Crippen LogP contribution >= 0.6 is 0 Å². The number of hydrogen-bond donors (Lipinski definition) is 2. The lowest BCUT2D eigenvalue weighted by atomic mass is 9.75. The van der Waals surface area contributed by atoms with Gasteiger partial charge in [0.1, 0.15) is 18.3 Å². The molecule has 2 amide bonds. The van der Waals surface area contributed by atoms with E-state index < -0.39 is 24.7 Å². The Balaban J connectivity index is 1.15. The van der Waals surface area contributed by atoms with Crippen LogP contribution in [0.1, 0.15) is 94.0 Å². The highest BCUT2D eigenvalue weighted by atomic mass is 19.1. The van der Waals surface area contributed by atoms with E-state index in [9.17, 15) is 18.8 Å². The van der Waals surface area contributed by atoms with Gasteiger partial charge in [0, 0.05) is 36.7 Å². The third kappa shape index (κ3) is 7.28. The first-order chi connectivity index (χ1) is 22.3. The summed E-state index contributed by atoms with van der Waals surface area (Å²) in [4.78, 5) is 42.6. The highest BCUT2D eigenvalue weighted by Gasteiger charge is 2.47. The van der Waals surface area contributed by atoms with Crippen molar-refractivity contribution in [3.8, 4) is 0 Å². The molecule has 0 bridgehead atoms. The van der Waals surface area contributed by atoms with E-state index in [1.54, 1.807) is 31.4 Å². The Labute approximate surface area is 271 Å². The first-order valence-corrected chi connectivity index (χ1v) is 17.5. The summed E-state index contributed by atoms with van der Waals surface area (Å²) < 4.78 is 30.1. The second-order valence-electron chi connectivity index (χ2n) is 14.2. The van der Waals surface area contributed by atoms with Crippen molar-refractivity contribution in [1.29, 1.82) is 0 Å². The van der Waals surface area contributed by atoms with Crippen LogP contribution in [0.2, 0.25) is 0 Å². The summed E-state index contributed by atoms with van der Waals surface area (Å²) in [5.74, 6) is 0.287. The molecule has 3 aliphatic carbocycles. The van der Waals surface area contributed by atoms with Gasteiger partial charge in [0.25, 0.3) is 0 Å². The number of carbonyl (C=O) groups is 3. The molecule has 6 rings (SSSR count). The van der Waals surface area contributed by atoms with Crippen molar-refractivity contribution >= 4 is 34.4 Å². The zero-order valence-corrected chi connectivity index (χ0v) is 27.1. The maximum Gasteiger partial charge on any atom is 0.374 e. The van der Waals surface area contributed by atoms with Crippen molar-refractivity contribution < 1.29 is 32.7 Å². The number of nitrogens with zero attached hydrogens (tertiary/aromatic N) is 1. The van der Waals surface area contributed by atoms with Crippen molar-refractivity contribution in [2.24, 2.45) is 35.3 Å². The maximum atomic E-state index is 14.1. The largest absolute Gasteiger partial charge is 0.460 e. The number of esters is 1. The van der Waals surface area contributed by atoms with E-state index in [0.717, 1.165) is 57.8 Å². The molecule has 2 heterocycles. The quantitative estimate of drug-likeness (QED) is 0.295. The third-order valence-corrected chi connectivity index (χ3v) is 11.5. The zero-order valence-electron chi connectivity index (χ0n) is 27.1. The number of alkyl halides is 1. The molecule has 252 valence electrons. The number of hydrogen-bond acceptors (Lipinski definition) is 7. The van der Waals surface area contributed by atoms with Gasteiger partial charge in [0.15, 0.2) is 0 Å². The molecular weight excluding hydrogens is 589 g/mol. The summed E-state index contributed by atoms with van der Waals surface area (Å²) in [6.45, 7) is 0.429. The van der Waals surface area contributed by atoms with Crippen LogP contribution in [-0.2, 0) is 19.1 Å². The molecule has 1 aromatic carbocycles. The molecule has 4 aliphatic rings. The summed E-state index contributed by atoms with van der Waals surface area (Å²) >= 11 is 0. The van der Waals surface area contributed by atoms with E-state index >= 15 is 0 Å². The van der Waals surface area contributed by atoms with Gasteiger partial charge in [-0.05, 0) is 119 Å². The number of likely N-dealkylation sites (tertiary alicyclic amines) is 1. The van der Waals surface area contributed by atoms with E-state index in [1.165, 1.54) is 12.8 Å². The lowest BCUT2D eigenvalue weighted by Gasteiger charge is -2.37. The van der Waals surface area contributed by atoms with Gasteiger partial charge in [-0.15, -0.1) is 0 Å². The monoisotopic (exact) mass is 639 g/mol. The molecule has 0 spiro atoms. The molecule has 3 N–H and O–H groups in total. The number of halogens is 1. The predicted molar refractivity (Wildman–Crippen MR) is 173 cm³/mol. The number of fused-ring (bicyclic) bond motifs is 1. The van der Waals surface area contributed by atoms with Crippen LogP contribution in [0, 0.1) is 29.6 Å². The summed E-state index contributed by atoms with van der Waals surface area (Å²) in [5, 5.41) is 3.81. The van der Waals surface area contributed by atoms with E-state index in [2.05, 4.69) is 5.32 Å². The molecule has 1 aromatic heterocycles. The summed E-state index contributed by atoms with van der Waals surface area (Å²) in [5.41, 5.74) is 7.10. The summed E-state index contributed by atoms with van der Waals surface area (Å²) in [7, 11) is 1.76. The highest BCUT2D eigenvalue weighted by Crippen LogP contribution is 2.42. The molecule has 9 nitrogen and oxygen atoms in total. The number of methoxy groups -OCH3 is 1. The Kier molecular flexibility index (Phi) is 10.6. The van der Waals surface area contributed by atoms with Crippen molar-refractivity contribution in [3.63, 3.8) is 0 Å². The number of ether oxygens (including phenoxy) is 2. The minimum atomic E-state index is -0.566. The Morgan fingerprint density at radius 1 is 1.00 bits per heavy atom. The number of nitrogens with one attached hydrogen (secondary N) is 1. The molecule has 0 radical (unpaired) electrons. The lowest BCUT2D eigenvalue weighted by Crippen LogP contribution is -2.50. The van der Waals surface area contributed by atoms with E-state index in [4.69, 9.17) is 19.6 Å². The zero-order chi connectivity index (χ0) is 32.2. The molecule has 46 heavy (non-hydrogen) atoms. The highest BCUT2D eigenvalue weighted by molar-refractivity contribution is 6.00. The molecular formula is C36H50FN3O6. The van der Waals surface area contributed by atoms with Crippen LogP contribution in [0.15, 0.2) is 28.7 Å².